The van der Waals surface area contributed by atoms with E-state index in [0.717, 1.165) is 17.0 Å². The van der Waals surface area contributed by atoms with Gasteiger partial charge in [-0.25, -0.2) is 15.4 Å². The van der Waals surface area contributed by atoms with Crippen molar-refractivity contribution >= 4 is 23.4 Å². The van der Waals surface area contributed by atoms with Crippen LogP contribution in [0.5, 0.6) is 11.5 Å². The molecule has 2 heterocycles. The van der Waals surface area contributed by atoms with Crippen LogP contribution in [-0.4, -0.2) is 40.6 Å². The van der Waals surface area contributed by atoms with Gasteiger partial charge in [-0.1, -0.05) is 18.7 Å². The Labute approximate surface area is 149 Å². The summed E-state index contributed by atoms with van der Waals surface area (Å²) in [5, 5.41) is 4.80. The van der Waals surface area contributed by atoms with E-state index < -0.39 is 0 Å². The standard InChI is InChI=1S/C17H18N4O3S/c1-2-13(12-4-5-14-15(10-12)24-9-8-23-14)20-21-16(22)11-25-17-18-6-3-7-19-17/h3-7,10H,2,8-9,11H2,1H3,(H,21,22)/b20-13-. The van der Waals surface area contributed by atoms with E-state index >= 15 is 0 Å². The van der Waals surface area contributed by atoms with Crippen LogP contribution in [0.4, 0.5) is 0 Å². The predicted molar refractivity (Wildman–Crippen MR) is 95.2 cm³/mol. The lowest BCUT2D eigenvalue weighted by molar-refractivity contribution is -0.118. The molecule has 0 aliphatic carbocycles. The molecule has 0 radical (unpaired) electrons. The molecule has 1 aromatic heterocycles. The fourth-order valence-electron chi connectivity index (χ4n) is 2.22. The first-order valence-corrected chi connectivity index (χ1v) is 8.90. The van der Waals surface area contributed by atoms with Gasteiger partial charge in [-0.2, -0.15) is 5.10 Å². The van der Waals surface area contributed by atoms with E-state index in [-0.39, 0.29) is 11.7 Å². The smallest absolute Gasteiger partial charge is 0.250 e. The number of fused-ring (bicyclic) bond motifs is 1. The number of ether oxygens (including phenoxy) is 2. The Bertz CT molecular complexity index is 768. The molecule has 2 aromatic rings. The summed E-state index contributed by atoms with van der Waals surface area (Å²) in [4.78, 5) is 20.1. The van der Waals surface area contributed by atoms with Crippen molar-refractivity contribution in [2.24, 2.45) is 5.10 Å². The summed E-state index contributed by atoms with van der Waals surface area (Å²) in [6.45, 7) is 3.07. The van der Waals surface area contributed by atoms with Gasteiger partial charge in [0.2, 0.25) is 0 Å². The van der Waals surface area contributed by atoms with Crippen molar-refractivity contribution in [1.82, 2.24) is 15.4 Å². The Hall–Kier alpha value is -2.61. The topological polar surface area (TPSA) is 85.7 Å². The zero-order valence-corrected chi connectivity index (χ0v) is 14.6. The van der Waals surface area contributed by atoms with E-state index in [2.05, 4.69) is 20.5 Å². The average Bonchev–Trinajstić information content (AvgIpc) is 2.67. The number of aromatic nitrogens is 2. The van der Waals surface area contributed by atoms with Crippen molar-refractivity contribution < 1.29 is 14.3 Å². The summed E-state index contributed by atoms with van der Waals surface area (Å²) in [5.74, 6) is 1.42. The van der Waals surface area contributed by atoms with E-state index in [0.29, 0.717) is 30.5 Å². The normalized spacial score (nSPS) is 13.4. The van der Waals surface area contributed by atoms with Gasteiger partial charge in [0.05, 0.1) is 11.5 Å². The van der Waals surface area contributed by atoms with Crippen molar-refractivity contribution in [3.63, 3.8) is 0 Å². The number of nitrogens with one attached hydrogen (secondary N) is 1. The third-order valence-corrected chi connectivity index (χ3v) is 4.28. The van der Waals surface area contributed by atoms with E-state index in [1.165, 1.54) is 11.8 Å². The molecule has 0 saturated carbocycles. The molecule has 130 valence electrons. The quantitative estimate of drug-likeness (QED) is 0.369. The second kappa shape index (κ2) is 8.48. The maximum Gasteiger partial charge on any atom is 0.250 e. The van der Waals surface area contributed by atoms with Gasteiger partial charge >= 0.3 is 0 Å². The molecule has 0 unspecified atom stereocenters. The molecule has 0 saturated heterocycles. The molecule has 25 heavy (non-hydrogen) atoms. The molecule has 0 fully saturated rings. The van der Waals surface area contributed by atoms with E-state index in [4.69, 9.17) is 9.47 Å². The molecule has 1 amide bonds. The minimum Gasteiger partial charge on any atom is -0.486 e. The Morgan fingerprint density at radius 1 is 1.24 bits per heavy atom. The Balaban J connectivity index is 1.61. The molecule has 8 heteroatoms. The molecule has 1 N–H and O–H groups in total. The van der Waals surface area contributed by atoms with Crippen LogP contribution in [0.1, 0.15) is 18.9 Å². The molecule has 7 nitrogen and oxygen atoms in total. The number of amides is 1. The molecule has 1 aromatic carbocycles. The van der Waals surface area contributed by atoms with Crippen LogP contribution in [0.15, 0.2) is 46.9 Å². The zero-order valence-electron chi connectivity index (χ0n) is 13.8. The number of carbonyl (C=O) groups excluding carboxylic acids is 1. The van der Waals surface area contributed by atoms with Gasteiger partial charge in [0.25, 0.3) is 5.91 Å². The fourth-order valence-corrected chi connectivity index (χ4v) is 2.82. The molecule has 1 aliphatic rings. The minimum absolute atomic E-state index is 0.200. The Morgan fingerprint density at radius 2 is 2.00 bits per heavy atom. The van der Waals surface area contributed by atoms with Crippen LogP contribution < -0.4 is 14.9 Å². The fraction of sp³-hybridized carbons (Fsp3) is 0.294. The molecule has 3 rings (SSSR count). The third-order valence-electron chi connectivity index (χ3n) is 3.40. The number of nitrogens with zero attached hydrogens (tertiary/aromatic N) is 3. The van der Waals surface area contributed by atoms with Gasteiger partial charge in [-0.3, -0.25) is 4.79 Å². The number of hydrazone groups is 1. The number of thioether (sulfide) groups is 1. The highest BCUT2D eigenvalue weighted by atomic mass is 32.2. The molecule has 0 bridgehead atoms. The number of rotatable bonds is 6. The molecule has 0 atom stereocenters. The second-order valence-corrected chi connectivity index (χ2v) is 6.07. The summed E-state index contributed by atoms with van der Waals surface area (Å²) in [7, 11) is 0. The van der Waals surface area contributed by atoms with Crippen molar-refractivity contribution in [3.05, 3.63) is 42.2 Å². The first kappa shape index (κ1) is 17.2. The summed E-state index contributed by atoms with van der Waals surface area (Å²) >= 11 is 1.26. The van der Waals surface area contributed by atoms with Crippen LogP contribution >= 0.6 is 11.8 Å². The van der Waals surface area contributed by atoms with E-state index in [9.17, 15) is 4.79 Å². The lowest BCUT2D eigenvalue weighted by Crippen LogP contribution is -2.22. The summed E-state index contributed by atoms with van der Waals surface area (Å²) in [6, 6.07) is 7.39. The SMILES string of the molecule is CC/C(=N/NC(=O)CSc1ncccn1)c1ccc2c(c1)OCCO2. The van der Waals surface area contributed by atoms with Crippen molar-refractivity contribution in [1.29, 1.82) is 0 Å². The van der Waals surface area contributed by atoms with Gasteiger partial charge in [0.15, 0.2) is 16.7 Å². The van der Waals surface area contributed by atoms with Gasteiger partial charge in [0.1, 0.15) is 13.2 Å². The van der Waals surface area contributed by atoms with Crippen LogP contribution in [0.2, 0.25) is 0 Å². The number of hydrogen-bond donors (Lipinski definition) is 1. The van der Waals surface area contributed by atoms with E-state index in [1.54, 1.807) is 18.5 Å². The van der Waals surface area contributed by atoms with Gasteiger partial charge in [0, 0.05) is 18.0 Å². The van der Waals surface area contributed by atoms with Crippen LogP contribution in [0.25, 0.3) is 0 Å². The highest BCUT2D eigenvalue weighted by Gasteiger charge is 2.13. The Kier molecular flexibility index (Phi) is 5.84. The predicted octanol–water partition coefficient (Wildman–Crippen LogP) is 2.27. The summed E-state index contributed by atoms with van der Waals surface area (Å²) in [6.07, 6.45) is 3.96. The van der Waals surface area contributed by atoms with Crippen LogP contribution in [-0.2, 0) is 4.79 Å². The number of carbonyl (C=O) groups is 1. The highest BCUT2D eigenvalue weighted by molar-refractivity contribution is 7.99. The number of hydrogen-bond acceptors (Lipinski definition) is 7. The molecular weight excluding hydrogens is 340 g/mol. The third kappa shape index (κ3) is 4.69. The zero-order chi connectivity index (χ0) is 17.5. The molecular formula is C17H18N4O3S. The van der Waals surface area contributed by atoms with Gasteiger partial charge in [-0.15, -0.1) is 0 Å². The van der Waals surface area contributed by atoms with Gasteiger partial charge < -0.3 is 9.47 Å². The first-order chi connectivity index (χ1) is 12.3. The Morgan fingerprint density at radius 3 is 2.76 bits per heavy atom. The monoisotopic (exact) mass is 358 g/mol. The number of benzene rings is 1. The lowest BCUT2D eigenvalue weighted by atomic mass is 10.1. The van der Waals surface area contributed by atoms with Crippen molar-refractivity contribution in [2.45, 2.75) is 18.5 Å². The van der Waals surface area contributed by atoms with Crippen LogP contribution in [0, 0.1) is 0 Å². The maximum atomic E-state index is 12.0. The van der Waals surface area contributed by atoms with Crippen molar-refractivity contribution in [3.8, 4) is 11.5 Å². The first-order valence-electron chi connectivity index (χ1n) is 7.91. The van der Waals surface area contributed by atoms with Gasteiger partial charge in [-0.05, 0) is 30.7 Å². The summed E-state index contributed by atoms with van der Waals surface area (Å²) < 4.78 is 11.1. The maximum absolute atomic E-state index is 12.0. The lowest BCUT2D eigenvalue weighted by Gasteiger charge is -2.19. The minimum atomic E-state index is -0.207. The summed E-state index contributed by atoms with van der Waals surface area (Å²) in [5.41, 5.74) is 4.25. The molecule has 1 aliphatic heterocycles. The second-order valence-electron chi connectivity index (χ2n) is 5.13. The average molecular weight is 358 g/mol. The van der Waals surface area contributed by atoms with E-state index in [1.807, 2.05) is 25.1 Å². The van der Waals surface area contributed by atoms with Crippen molar-refractivity contribution in [2.75, 3.05) is 19.0 Å². The molecule has 0 spiro atoms. The highest BCUT2D eigenvalue weighted by Crippen LogP contribution is 2.31. The largest absolute Gasteiger partial charge is 0.486 e. The van der Waals surface area contributed by atoms with Crippen LogP contribution in [0.3, 0.4) is 0 Å².